The maximum Gasteiger partial charge on any atom is 0.410 e. The highest BCUT2D eigenvalue weighted by Gasteiger charge is 2.51. The first-order chi connectivity index (χ1) is 18.2. The summed E-state index contributed by atoms with van der Waals surface area (Å²) in [6.07, 6.45) is -0.342. The molecule has 2 aliphatic heterocycles. The van der Waals surface area contributed by atoms with Crippen LogP contribution in [0.1, 0.15) is 48.3 Å². The lowest BCUT2D eigenvalue weighted by atomic mass is 9.81. The van der Waals surface area contributed by atoms with E-state index in [1.807, 2.05) is 48.5 Å². The van der Waals surface area contributed by atoms with Gasteiger partial charge in [0.15, 0.2) is 23.3 Å². The van der Waals surface area contributed by atoms with Gasteiger partial charge in [0.25, 0.3) is 0 Å². The molecule has 0 saturated carbocycles. The van der Waals surface area contributed by atoms with Gasteiger partial charge in [-0.05, 0) is 47.9 Å². The molecule has 3 aromatic rings. The third kappa shape index (κ3) is 3.86. The van der Waals surface area contributed by atoms with Gasteiger partial charge in [0, 0.05) is 30.0 Å². The average molecular weight is 530 g/mol. The van der Waals surface area contributed by atoms with Crippen molar-refractivity contribution in [3.8, 4) is 11.1 Å². The summed E-state index contributed by atoms with van der Waals surface area (Å²) in [5.41, 5.74) is 1.56. The van der Waals surface area contributed by atoms with Gasteiger partial charge in [-0.25, -0.2) is 26.7 Å². The van der Waals surface area contributed by atoms with E-state index in [1.54, 1.807) is 4.90 Å². The van der Waals surface area contributed by atoms with Gasteiger partial charge in [-0.3, -0.25) is 0 Å². The molecule has 1 N–H and O–H groups in total. The van der Waals surface area contributed by atoms with E-state index in [1.165, 1.54) is 0 Å². The van der Waals surface area contributed by atoms with Gasteiger partial charge in [0.1, 0.15) is 6.61 Å². The van der Waals surface area contributed by atoms with Crippen LogP contribution >= 0.6 is 0 Å². The molecule has 2 fully saturated rings. The first-order valence-electron chi connectivity index (χ1n) is 12.5. The maximum absolute atomic E-state index is 14.3. The number of fused-ring (bicyclic) bond motifs is 5. The highest BCUT2D eigenvalue weighted by Crippen LogP contribution is 2.46. The second-order valence-electron chi connectivity index (χ2n) is 10.5. The molecule has 1 amide bonds. The molecule has 1 aliphatic carbocycles. The van der Waals surface area contributed by atoms with E-state index in [9.17, 15) is 31.9 Å². The van der Waals surface area contributed by atoms with E-state index < -0.39 is 64.8 Å². The Morgan fingerprint density at radius 1 is 0.816 bits per heavy atom. The Balaban J connectivity index is 1.17. The zero-order valence-electron chi connectivity index (χ0n) is 20.2. The van der Waals surface area contributed by atoms with Crippen molar-refractivity contribution in [1.82, 2.24) is 4.90 Å². The molecule has 0 radical (unpaired) electrons. The van der Waals surface area contributed by atoms with Crippen LogP contribution in [-0.2, 0) is 11.2 Å². The summed E-state index contributed by atoms with van der Waals surface area (Å²) in [6.45, 7) is 0.123. The van der Waals surface area contributed by atoms with Crippen LogP contribution in [0, 0.1) is 29.1 Å². The molecule has 198 valence electrons. The third-order valence-electron chi connectivity index (χ3n) is 8.20. The molecule has 4 nitrogen and oxygen atoms in total. The molecule has 6 rings (SSSR count). The number of piperidine rings is 1. The Morgan fingerprint density at radius 3 is 1.82 bits per heavy atom. The lowest BCUT2D eigenvalue weighted by Crippen LogP contribution is -2.54. The zero-order chi connectivity index (χ0) is 26.8. The number of carbonyl (C=O) groups excluding carboxylic acids is 1. The van der Waals surface area contributed by atoms with Crippen LogP contribution < -0.4 is 0 Å². The van der Waals surface area contributed by atoms with Gasteiger partial charge >= 0.3 is 6.09 Å². The summed E-state index contributed by atoms with van der Waals surface area (Å²) < 4.78 is 75.2. The summed E-state index contributed by atoms with van der Waals surface area (Å²) in [6, 6.07) is 14.9. The molecule has 2 saturated heterocycles. The highest BCUT2D eigenvalue weighted by molar-refractivity contribution is 5.79. The maximum atomic E-state index is 14.3. The van der Waals surface area contributed by atoms with Crippen LogP contribution in [0.4, 0.5) is 26.7 Å². The highest BCUT2D eigenvalue weighted by atomic mass is 19.2. The summed E-state index contributed by atoms with van der Waals surface area (Å²) in [7, 11) is 0. The normalized spacial score (nSPS) is 23.9. The number of hydrogen-bond donors (Lipinski definition) is 1. The van der Waals surface area contributed by atoms with Gasteiger partial charge < -0.3 is 14.7 Å². The topological polar surface area (TPSA) is 49.8 Å². The Labute approximate surface area is 215 Å². The minimum Gasteiger partial charge on any atom is -0.448 e. The average Bonchev–Trinajstić information content (AvgIpc) is 3.39. The van der Waals surface area contributed by atoms with Crippen molar-refractivity contribution in [2.45, 2.75) is 55.7 Å². The van der Waals surface area contributed by atoms with Gasteiger partial charge in [-0.15, -0.1) is 0 Å². The van der Waals surface area contributed by atoms with E-state index in [-0.39, 0.29) is 25.4 Å². The standard InChI is InChI=1S/C29H24F5NO3/c30-23-21(24(31)26(33)27(34)25(23)32)13-29(37)11-15-9-10-16(12-29)35(15)28(36)38-14-22-19-7-3-1-5-17(19)18-6-2-4-8-20(18)22/h1-8,15-16,22,37H,9-14H2. The predicted octanol–water partition coefficient (Wildman–Crippen LogP) is 6.23. The van der Waals surface area contributed by atoms with Crippen LogP contribution in [0.2, 0.25) is 0 Å². The summed E-state index contributed by atoms with van der Waals surface area (Å²) in [5.74, 6) is -10.3. The number of halogens is 5. The predicted molar refractivity (Wildman–Crippen MR) is 128 cm³/mol. The van der Waals surface area contributed by atoms with Crippen LogP contribution in [0.3, 0.4) is 0 Å². The second-order valence-corrected chi connectivity index (χ2v) is 10.5. The largest absolute Gasteiger partial charge is 0.448 e. The van der Waals surface area contributed by atoms with Crippen LogP contribution in [0.5, 0.6) is 0 Å². The number of ether oxygens (including phenoxy) is 1. The van der Waals surface area contributed by atoms with Gasteiger partial charge in [-0.1, -0.05) is 48.5 Å². The number of nitrogens with zero attached hydrogens (tertiary/aromatic N) is 1. The Hall–Kier alpha value is -3.46. The second kappa shape index (κ2) is 9.08. The smallest absolute Gasteiger partial charge is 0.410 e. The van der Waals surface area contributed by atoms with E-state index in [2.05, 4.69) is 0 Å². The number of rotatable bonds is 4. The molecule has 9 heteroatoms. The summed E-state index contributed by atoms with van der Waals surface area (Å²) >= 11 is 0. The van der Waals surface area contributed by atoms with E-state index in [4.69, 9.17) is 4.74 Å². The minimum absolute atomic E-state index is 0.0623. The molecule has 3 aromatic carbocycles. The molecule has 0 spiro atoms. The van der Waals surface area contributed by atoms with Crippen molar-refractivity contribution < 1.29 is 36.6 Å². The molecule has 2 heterocycles. The molecular weight excluding hydrogens is 505 g/mol. The van der Waals surface area contributed by atoms with Gasteiger partial charge in [-0.2, -0.15) is 0 Å². The number of amides is 1. The Bertz CT molecular complexity index is 1360. The van der Waals surface area contributed by atoms with Crippen molar-refractivity contribution in [2.24, 2.45) is 0 Å². The monoisotopic (exact) mass is 529 g/mol. The number of aliphatic hydroxyl groups is 1. The van der Waals surface area contributed by atoms with Crippen molar-refractivity contribution in [2.75, 3.05) is 6.61 Å². The van der Waals surface area contributed by atoms with Crippen molar-refractivity contribution in [1.29, 1.82) is 0 Å². The molecule has 38 heavy (non-hydrogen) atoms. The fraction of sp³-hybridized carbons (Fsp3) is 0.345. The number of hydrogen-bond acceptors (Lipinski definition) is 3. The van der Waals surface area contributed by atoms with Crippen LogP contribution in [0.15, 0.2) is 48.5 Å². The molecule has 2 atom stereocenters. The zero-order valence-corrected chi connectivity index (χ0v) is 20.2. The van der Waals surface area contributed by atoms with E-state index in [0.717, 1.165) is 22.3 Å². The number of benzene rings is 3. The molecular formula is C29H24F5NO3. The third-order valence-corrected chi connectivity index (χ3v) is 8.20. The first-order valence-corrected chi connectivity index (χ1v) is 12.5. The lowest BCUT2D eigenvalue weighted by molar-refractivity contribution is -0.0490. The van der Waals surface area contributed by atoms with Gasteiger partial charge in [0.05, 0.1) is 5.60 Å². The molecule has 2 bridgehead atoms. The Kier molecular flexibility index (Phi) is 5.94. The fourth-order valence-corrected chi connectivity index (χ4v) is 6.57. The SMILES string of the molecule is O=C(OCC1c2ccccc2-c2ccccc21)N1C2CCC1CC(O)(Cc1c(F)c(F)c(F)c(F)c1F)C2. The summed E-state index contributed by atoms with van der Waals surface area (Å²) in [5, 5.41) is 11.2. The van der Waals surface area contributed by atoms with Gasteiger partial charge in [0.2, 0.25) is 5.82 Å². The van der Waals surface area contributed by atoms with Crippen LogP contribution in [-0.4, -0.2) is 40.4 Å². The van der Waals surface area contributed by atoms with Crippen molar-refractivity contribution >= 4 is 6.09 Å². The molecule has 0 aromatic heterocycles. The van der Waals surface area contributed by atoms with Crippen molar-refractivity contribution in [3.63, 3.8) is 0 Å². The fourth-order valence-electron chi connectivity index (χ4n) is 6.57. The van der Waals surface area contributed by atoms with E-state index in [0.29, 0.717) is 12.8 Å². The summed E-state index contributed by atoms with van der Waals surface area (Å²) in [4.78, 5) is 14.8. The first kappa shape index (κ1) is 24.9. The van der Waals surface area contributed by atoms with Crippen molar-refractivity contribution in [3.05, 3.63) is 94.3 Å². The minimum atomic E-state index is -2.24. The van der Waals surface area contributed by atoms with Crippen LogP contribution in [0.25, 0.3) is 11.1 Å². The quantitative estimate of drug-likeness (QED) is 0.248. The molecule has 3 aliphatic rings. The lowest BCUT2D eigenvalue weighted by Gasteiger charge is -2.43. The van der Waals surface area contributed by atoms with E-state index >= 15 is 0 Å². The molecule has 2 unspecified atom stereocenters. The Morgan fingerprint density at radius 2 is 1.29 bits per heavy atom. The number of carbonyl (C=O) groups is 1.